The lowest BCUT2D eigenvalue weighted by Gasteiger charge is -2.06. The molecule has 1 amide bonds. The number of carbonyl (C=O) groups is 1. The van der Waals surface area contributed by atoms with Crippen LogP contribution in [0.4, 0.5) is 8.78 Å². The molecule has 0 aliphatic carbocycles. The Balaban J connectivity index is 1.55. The van der Waals surface area contributed by atoms with Gasteiger partial charge >= 0.3 is 0 Å². The highest BCUT2D eigenvalue weighted by atomic mass is 35.5. The number of halogens is 3. The summed E-state index contributed by atoms with van der Waals surface area (Å²) in [5, 5.41) is 2.83. The number of hydrogen-bond donors (Lipinski definition) is 1. The van der Waals surface area contributed by atoms with Gasteiger partial charge in [-0.25, -0.2) is 8.78 Å². The maximum absolute atomic E-state index is 13.0. The molecule has 0 radical (unpaired) electrons. The zero-order valence-electron chi connectivity index (χ0n) is 13.5. The highest BCUT2D eigenvalue weighted by Gasteiger charge is 2.12. The maximum Gasteiger partial charge on any atom is 0.287 e. The molecule has 0 atom stereocenters. The lowest BCUT2D eigenvalue weighted by Crippen LogP contribution is -2.22. The van der Waals surface area contributed by atoms with Crippen LogP contribution in [-0.2, 0) is 13.2 Å². The molecule has 26 heavy (non-hydrogen) atoms. The first-order chi connectivity index (χ1) is 12.5. The van der Waals surface area contributed by atoms with Crippen LogP contribution in [-0.4, -0.2) is 5.91 Å². The van der Waals surface area contributed by atoms with E-state index in [2.05, 4.69) is 5.32 Å². The van der Waals surface area contributed by atoms with Crippen LogP contribution in [0.5, 0.6) is 5.75 Å². The molecular formula is C19H14ClF2NO3. The van der Waals surface area contributed by atoms with Crippen LogP contribution in [0, 0.1) is 11.6 Å². The van der Waals surface area contributed by atoms with Crippen molar-refractivity contribution in [2.24, 2.45) is 0 Å². The van der Waals surface area contributed by atoms with Crippen LogP contribution in [0.2, 0.25) is 5.02 Å². The minimum atomic E-state index is -0.458. The molecule has 3 rings (SSSR count). The van der Waals surface area contributed by atoms with Gasteiger partial charge in [-0.3, -0.25) is 4.79 Å². The first kappa shape index (κ1) is 17.9. The monoisotopic (exact) mass is 377 g/mol. The Morgan fingerprint density at radius 2 is 1.77 bits per heavy atom. The molecule has 0 aliphatic rings. The summed E-state index contributed by atoms with van der Waals surface area (Å²) in [6, 6.07) is 12.7. The van der Waals surface area contributed by atoms with Crippen molar-refractivity contribution in [1.29, 1.82) is 0 Å². The standard InChI is InChI=1S/C19H14ClF2NO3/c20-16-9-14(22)5-7-17(16)25-11-15-6-8-18(26-15)19(24)23-10-12-1-3-13(21)4-2-12/h1-9H,10-11H2,(H,23,24). The predicted molar refractivity (Wildman–Crippen MR) is 92.0 cm³/mol. The number of carbonyl (C=O) groups excluding carboxylic acids is 1. The molecule has 0 unspecified atom stereocenters. The average molecular weight is 378 g/mol. The third-order valence-electron chi connectivity index (χ3n) is 3.52. The second kappa shape index (κ2) is 8.01. The Morgan fingerprint density at radius 1 is 1.04 bits per heavy atom. The van der Waals surface area contributed by atoms with Crippen LogP contribution in [0.1, 0.15) is 21.9 Å². The molecule has 0 fully saturated rings. The summed E-state index contributed by atoms with van der Waals surface area (Å²) < 4.78 is 36.7. The average Bonchev–Trinajstić information content (AvgIpc) is 3.09. The van der Waals surface area contributed by atoms with Crippen molar-refractivity contribution >= 4 is 17.5 Å². The van der Waals surface area contributed by atoms with Crippen LogP contribution >= 0.6 is 11.6 Å². The highest BCUT2D eigenvalue weighted by Crippen LogP contribution is 2.26. The minimum Gasteiger partial charge on any atom is -0.484 e. The van der Waals surface area contributed by atoms with Crippen molar-refractivity contribution in [3.63, 3.8) is 0 Å². The van der Waals surface area contributed by atoms with Crippen molar-refractivity contribution in [3.05, 3.63) is 88.3 Å². The largest absolute Gasteiger partial charge is 0.484 e. The SMILES string of the molecule is O=C(NCc1ccc(F)cc1)c1ccc(COc2ccc(F)cc2Cl)o1. The van der Waals surface area contributed by atoms with E-state index < -0.39 is 11.7 Å². The number of furan rings is 1. The lowest BCUT2D eigenvalue weighted by atomic mass is 10.2. The number of amides is 1. The second-order valence-electron chi connectivity index (χ2n) is 5.44. The Bertz CT molecular complexity index is 909. The first-order valence-electron chi connectivity index (χ1n) is 7.70. The summed E-state index contributed by atoms with van der Waals surface area (Å²) in [5.41, 5.74) is 0.765. The number of hydrogen-bond acceptors (Lipinski definition) is 3. The smallest absolute Gasteiger partial charge is 0.287 e. The molecule has 7 heteroatoms. The fraction of sp³-hybridized carbons (Fsp3) is 0.105. The molecule has 0 bridgehead atoms. The third-order valence-corrected chi connectivity index (χ3v) is 3.81. The van der Waals surface area contributed by atoms with E-state index in [0.717, 1.165) is 11.6 Å². The maximum atomic E-state index is 13.0. The van der Waals surface area contributed by atoms with Gasteiger partial charge in [0.2, 0.25) is 0 Å². The van der Waals surface area contributed by atoms with E-state index in [-0.39, 0.29) is 29.8 Å². The zero-order valence-corrected chi connectivity index (χ0v) is 14.2. The molecule has 4 nitrogen and oxygen atoms in total. The van der Waals surface area contributed by atoms with Gasteiger partial charge in [-0.1, -0.05) is 23.7 Å². The molecule has 1 heterocycles. The fourth-order valence-electron chi connectivity index (χ4n) is 2.19. The molecular weight excluding hydrogens is 364 g/mol. The van der Waals surface area contributed by atoms with Gasteiger partial charge in [0.15, 0.2) is 5.76 Å². The van der Waals surface area contributed by atoms with E-state index in [1.165, 1.54) is 30.3 Å². The predicted octanol–water partition coefficient (Wildman–Crippen LogP) is 4.72. The highest BCUT2D eigenvalue weighted by molar-refractivity contribution is 6.32. The molecule has 0 saturated carbocycles. The van der Waals surface area contributed by atoms with Gasteiger partial charge in [0.1, 0.15) is 29.8 Å². The summed E-state index contributed by atoms with van der Waals surface area (Å²) in [7, 11) is 0. The van der Waals surface area contributed by atoms with Gasteiger partial charge in [-0.05, 0) is 48.0 Å². The third kappa shape index (κ3) is 4.61. The van der Waals surface area contributed by atoms with Gasteiger partial charge in [0, 0.05) is 6.54 Å². The van der Waals surface area contributed by atoms with E-state index in [1.807, 2.05) is 0 Å². The topological polar surface area (TPSA) is 51.5 Å². The van der Waals surface area contributed by atoms with Crippen molar-refractivity contribution in [2.75, 3.05) is 0 Å². The van der Waals surface area contributed by atoms with E-state index in [0.29, 0.717) is 11.5 Å². The number of rotatable bonds is 6. The molecule has 134 valence electrons. The molecule has 1 aromatic heterocycles. The van der Waals surface area contributed by atoms with Crippen molar-refractivity contribution in [2.45, 2.75) is 13.2 Å². The van der Waals surface area contributed by atoms with Crippen molar-refractivity contribution in [1.82, 2.24) is 5.32 Å². The summed E-state index contributed by atoms with van der Waals surface area (Å²) >= 11 is 5.88. The Morgan fingerprint density at radius 3 is 2.50 bits per heavy atom. The van der Waals surface area contributed by atoms with E-state index in [4.69, 9.17) is 20.8 Å². The van der Waals surface area contributed by atoms with Crippen molar-refractivity contribution in [3.8, 4) is 5.75 Å². The first-order valence-corrected chi connectivity index (χ1v) is 8.08. The molecule has 0 spiro atoms. The Labute approximate surface area is 153 Å². The van der Waals surface area contributed by atoms with Gasteiger partial charge in [-0.2, -0.15) is 0 Å². The van der Waals surface area contributed by atoms with Crippen LogP contribution in [0.3, 0.4) is 0 Å². The summed E-state index contributed by atoms with van der Waals surface area (Å²) in [5.74, 6) is -0.349. The Kier molecular flexibility index (Phi) is 5.53. The van der Waals surface area contributed by atoms with Gasteiger partial charge < -0.3 is 14.5 Å². The van der Waals surface area contributed by atoms with Crippen molar-refractivity contribution < 1.29 is 22.7 Å². The molecule has 3 aromatic rings. The lowest BCUT2D eigenvalue weighted by molar-refractivity contribution is 0.0919. The van der Waals surface area contributed by atoms with Gasteiger partial charge in [-0.15, -0.1) is 0 Å². The number of ether oxygens (including phenoxy) is 1. The second-order valence-corrected chi connectivity index (χ2v) is 5.85. The quantitative estimate of drug-likeness (QED) is 0.676. The summed E-state index contributed by atoms with van der Waals surface area (Å²) in [6.45, 7) is 0.285. The van der Waals surface area contributed by atoms with Gasteiger partial charge in [0.25, 0.3) is 5.91 Å². The minimum absolute atomic E-state index is 0.0383. The fourth-order valence-corrected chi connectivity index (χ4v) is 2.41. The molecule has 1 N–H and O–H groups in total. The van der Waals surface area contributed by atoms with Crippen LogP contribution in [0.15, 0.2) is 59.0 Å². The van der Waals surface area contributed by atoms with E-state index >= 15 is 0 Å². The summed E-state index contributed by atoms with van der Waals surface area (Å²) in [6.07, 6.45) is 0. The Hall–Kier alpha value is -2.86. The number of benzene rings is 2. The van der Waals surface area contributed by atoms with Gasteiger partial charge in [0.05, 0.1) is 5.02 Å². The molecule has 0 saturated heterocycles. The van der Waals surface area contributed by atoms with E-state index in [1.54, 1.807) is 18.2 Å². The molecule has 0 aliphatic heterocycles. The normalized spacial score (nSPS) is 10.6. The molecule has 2 aromatic carbocycles. The summed E-state index contributed by atoms with van der Waals surface area (Å²) in [4.78, 5) is 12.1. The van der Waals surface area contributed by atoms with Crippen LogP contribution < -0.4 is 10.1 Å². The van der Waals surface area contributed by atoms with Crippen LogP contribution in [0.25, 0.3) is 0 Å². The zero-order chi connectivity index (χ0) is 18.5. The number of nitrogens with one attached hydrogen (secondary N) is 1. The van der Waals surface area contributed by atoms with E-state index in [9.17, 15) is 13.6 Å².